The van der Waals surface area contributed by atoms with Crippen molar-refractivity contribution in [2.45, 2.75) is 38.1 Å². The van der Waals surface area contributed by atoms with E-state index in [0.717, 1.165) is 25.8 Å². The van der Waals surface area contributed by atoms with Crippen molar-refractivity contribution in [3.05, 3.63) is 53.3 Å². The third-order valence-electron chi connectivity index (χ3n) is 5.22. The number of likely N-dealkylation sites (tertiary alicyclic amines) is 1. The van der Waals surface area contributed by atoms with Gasteiger partial charge in [0.1, 0.15) is 0 Å². The smallest absolute Gasteiger partial charge is 0.226 e. The summed E-state index contributed by atoms with van der Waals surface area (Å²) in [5, 5.41) is 4.27. The van der Waals surface area contributed by atoms with Crippen molar-refractivity contribution >= 4 is 5.91 Å². The minimum absolute atomic E-state index is 0.175. The molecule has 0 bridgehead atoms. The first-order chi connectivity index (χ1) is 11.1. The highest BCUT2D eigenvalue weighted by Gasteiger charge is 2.47. The van der Waals surface area contributed by atoms with Gasteiger partial charge in [-0.3, -0.25) is 9.48 Å². The average Bonchev–Trinajstić information content (AvgIpc) is 2.97. The monoisotopic (exact) mass is 309 g/mol. The molecule has 4 nitrogen and oxygen atoms in total. The van der Waals surface area contributed by atoms with E-state index < -0.39 is 0 Å². The fraction of sp³-hybridized carbons (Fsp3) is 0.474. The Morgan fingerprint density at radius 1 is 1.30 bits per heavy atom. The first-order valence-electron chi connectivity index (χ1n) is 8.49. The van der Waals surface area contributed by atoms with Crippen LogP contribution < -0.4 is 0 Å². The molecule has 1 aromatic heterocycles. The maximum atomic E-state index is 13.0. The van der Waals surface area contributed by atoms with E-state index in [1.54, 1.807) is 0 Å². The second-order valence-electron chi connectivity index (χ2n) is 7.00. The molecule has 1 saturated heterocycles. The van der Waals surface area contributed by atoms with Gasteiger partial charge in [-0.05, 0) is 37.7 Å². The zero-order chi connectivity index (χ0) is 16.0. The van der Waals surface area contributed by atoms with Crippen LogP contribution in [0.1, 0.15) is 47.9 Å². The molecule has 4 heteroatoms. The fourth-order valence-corrected chi connectivity index (χ4v) is 3.94. The summed E-state index contributed by atoms with van der Waals surface area (Å²) in [5.74, 6) is 0.925. The van der Waals surface area contributed by atoms with Gasteiger partial charge in [0.2, 0.25) is 5.91 Å². The summed E-state index contributed by atoms with van der Waals surface area (Å²) in [6.07, 6.45) is 7.09. The molecule has 2 aromatic rings. The van der Waals surface area contributed by atoms with Gasteiger partial charge < -0.3 is 4.90 Å². The molecule has 1 aromatic carbocycles. The van der Waals surface area contributed by atoms with Crippen LogP contribution in [-0.2, 0) is 11.8 Å². The van der Waals surface area contributed by atoms with Gasteiger partial charge in [0.05, 0.1) is 12.2 Å². The molecule has 1 aliphatic heterocycles. The molecule has 2 aliphatic rings. The van der Waals surface area contributed by atoms with Gasteiger partial charge in [-0.25, -0.2) is 0 Å². The lowest BCUT2D eigenvalue weighted by atomic mass is 10.1. The molecule has 23 heavy (non-hydrogen) atoms. The van der Waals surface area contributed by atoms with Crippen LogP contribution in [0.15, 0.2) is 36.7 Å². The largest absolute Gasteiger partial charge is 0.335 e. The average molecular weight is 309 g/mol. The zero-order valence-corrected chi connectivity index (χ0v) is 13.8. The minimum atomic E-state index is 0.175. The summed E-state index contributed by atoms with van der Waals surface area (Å²) in [7, 11) is 1.93. The Morgan fingerprint density at radius 2 is 2.17 bits per heavy atom. The predicted molar refractivity (Wildman–Crippen MR) is 88.9 cm³/mol. The molecule has 1 amide bonds. The lowest BCUT2D eigenvalue weighted by molar-refractivity contribution is -0.133. The third-order valence-corrected chi connectivity index (χ3v) is 5.22. The molecule has 2 heterocycles. The fourth-order valence-electron chi connectivity index (χ4n) is 3.94. The highest BCUT2D eigenvalue weighted by atomic mass is 16.2. The summed E-state index contributed by atoms with van der Waals surface area (Å²) in [6, 6.07) is 8.81. The number of carbonyl (C=O) groups excluding carboxylic acids is 1. The van der Waals surface area contributed by atoms with Crippen LogP contribution in [0, 0.1) is 12.8 Å². The SMILES string of the molecule is Cc1cccc(C2CC2C(=O)N2CCCC2c2cnn(C)c2)c1. The maximum Gasteiger partial charge on any atom is 0.226 e. The molecular weight excluding hydrogens is 286 g/mol. The topological polar surface area (TPSA) is 38.1 Å². The van der Waals surface area contributed by atoms with E-state index in [0.29, 0.717) is 11.8 Å². The summed E-state index contributed by atoms with van der Waals surface area (Å²) < 4.78 is 1.82. The van der Waals surface area contributed by atoms with Gasteiger partial charge in [-0.15, -0.1) is 0 Å². The first-order valence-corrected chi connectivity index (χ1v) is 8.49. The van der Waals surface area contributed by atoms with Crippen LogP contribution in [0.3, 0.4) is 0 Å². The first kappa shape index (κ1) is 14.5. The zero-order valence-electron chi connectivity index (χ0n) is 13.8. The van der Waals surface area contributed by atoms with E-state index in [9.17, 15) is 4.79 Å². The van der Waals surface area contributed by atoms with Crippen molar-refractivity contribution in [1.29, 1.82) is 0 Å². The van der Waals surface area contributed by atoms with Crippen molar-refractivity contribution in [1.82, 2.24) is 14.7 Å². The summed E-state index contributed by atoms with van der Waals surface area (Å²) in [5.41, 5.74) is 3.77. The number of benzene rings is 1. The van der Waals surface area contributed by atoms with Crippen molar-refractivity contribution in [2.75, 3.05) is 6.54 Å². The third kappa shape index (κ3) is 2.67. The van der Waals surface area contributed by atoms with Crippen molar-refractivity contribution in [3.8, 4) is 0 Å². The second kappa shape index (κ2) is 5.52. The number of carbonyl (C=O) groups is 1. The number of hydrogen-bond acceptors (Lipinski definition) is 2. The quantitative estimate of drug-likeness (QED) is 0.873. The second-order valence-corrected chi connectivity index (χ2v) is 7.00. The lowest BCUT2D eigenvalue weighted by Gasteiger charge is -2.24. The van der Waals surface area contributed by atoms with Crippen LogP contribution in [0.25, 0.3) is 0 Å². The molecule has 0 spiro atoms. The van der Waals surface area contributed by atoms with E-state index >= 15 is 0 Å². The standard InChI is InChI=1S/C19H23N3O/c1-13-5-3-6-14(9-13)16-10-17(16)19(23)22-8-4-7-18(22)15-11-20-21(2)12-15/h3,5-6,9,11-12,16-18H,4,7-8,10H2,1-2H3. The normalized spacial score (nSPS) is 26.5. The Kier molecular flexibility index (Phi) is 3.47. The molecule has 0 N–H and O–H groups in total. The van der Waals surface area contributed by atoms with Gasteiger partial charge in [-0.2, -0.15) is 5.10 Å². The van der Waals surface area contributed by atoms with Crippen LogP contribution in [0.5, 0.6) is 0 Å². The van der Waals surface area contributed by atoms with E-state index in [-0.39, 0.29) is 12.0 Å². The van der Waals surface area contributed by atoms with Gasteiger partial charge in [0.25, 0.3) is 0 Å². The number of aryl methyl sites for hydroxylation is 2. The van der Waals surface area contributed by atoms with Gasteiger partial charge >= 0.3 is 0 Å². The Morgan fingerprint density at radius 3 is 2.91 bits per heavy atom. The molecule has 4 rings (SSSR count). The molecule has 1 saturated carbocycles. The van der Waals surface area contributed by atoms with Crippen LogP contribution >= 0.6 is 0 Å². The highest BCUT2D eigenvalue weighted by Crippen LogP contribution is 2.50. The van der Waals surface area contributed by atoms with Crippen LogP contribution in [-0.4, -0.2) is 27.1 Å². The Labute approximate surface area is 137 Å². The lowest BCUT2D eigenvalue weighted by Crippen LogP contribution is -2.32. The molecule has 120 valence electrons. The van der Waals surface area contributed by atoms with Crippen molar-refractivity contribution in [2.24, 2.45) is 13.0 Å². The predicted octanol–water partition coefficient (Wildman–Crippen LogP) is 3.20. The summed E-state index contributed by atoms with van der Waals surface area (Å²) in [4.78, 5) is 15.1. The van der Waals surface area contributed by atoms with E-state index in [1.165, 1.54) is 16.7 Å². The van der Waals surface area contributed by atoms with Gasteiger partial charge in [0.15, 0.2) is 0 Å². The van der Waals surface area contributed by atoms with E-state index in [1.807, 2.05) is 24.1 Å². The van der Waals surface area contributed by atoms with Crippen molar-refractivity contribution in [3.63, 3.8) is 0 Å². The van der Waals surface area contributed by atoms with Crippen LogP contribution in [0.2, 0.25) is 0 Å². The highest BCUT2D eigenvalue weighted by molar-refractivity contribution is 5.83. The Balaban J connectivity index is 1.49. The number of aromatic nitrogens is 2. The minimum Gasteiger partial charge on any atom is -0.335 e. The van der Waals surface area contributed by atoms with Crippen LogP contribution in [0.4, 0.5) is 0 Å². The number of nitrogens with zero attached hydrogens (tertiary/aromatic N) is 3. The number of rotatable bonds is 3. The number of hydrogen-bond donors (Lipinski definition) is 0. The van der Waals surface area contributed by atoms with Crippen molar-refractivity contribution < 1.29 is 4.79 Å². The Hall–Kier alpha value is -2.10. The molecule has 1 aliphatic carbocycles. The molecule has 0 radical (unpaired) electrons. The number of amides is 1. The Bertz CT molecular complexity index is 736. The van der Waals surface area contributed by atoms with Gasteiger partial charge in [0, 0.05) is 31.3 Å². The van der Waals surface area contributed by atoms with E-state index in [4.69, 9.17) is 0 Å². The summed E-state index contributed by atoms with van der Waals surface area (Å²) in [6.45, 7) is 3.00. The molecule has 2 fully saturated rings. The summed E-state index contributed by atoms with van der Waals surface area (Å²) >= 11 is 0. The van der Waals surface area contributed by atoms with Gasteiger partial charge in [-0.1, -0.05) is 29.8 Å². The molecule has 3 atom stereocenters. The molecular formula is C19H23N3O. The van der Waals surface area contributed by atoms with E-state index in [2.05, 4.69) is 41.2 Å². The molecule has 3 unspecified atom stereocenters. The maximum absolute atomic E-state index is 13.0.